The molecule has 0 unspecified atom stereocenters. The van der Waals surface area contributed by atoms with Crippen LogP contribution in [0.15, 0.2) is 10.9 Å². The lowest BCUT2D eigenvalue weighted by Gasteiger charge is -2.20. The molecule has 1 aliphatic rings. The zero-order chi connectivity index (χ0) is 18.9. The van der Waals surface area contributed by atoms with Crippen molar-refractivity contribution in [2.45, 2.75) is 52.2 Å². The third-order valence-corrected chi connectivity index (χ3v) is 3.79. The van der Waals surface area contributed by atoms with Crippen LogP contribution in [0.3, 0.4) is 0 Å². The van der Waals surface area contributed by atoms with Crippen molar-refractivity contribution in [2.24, 2.45) is 0 Å². The highest BCUT2D eigenvalue weighted by Gasteiger charge is 2.34. The highest BCUT2D eigenvalue weighted by Crippen LogP contribution is 2.29. The van der Waals surface area contributed by atoms with E-state index in [1.54, 1.807) is 20.8 Å². The molecule has 8 nitrogen and oxygen atoms in total. The number of ketones is 1. The van der Waals surface area contributed by atoms with E-state index in [0.717, 1.165) is 0 Å². The molecule has 0 radical (unpaired) electrons. The molecule has 136 valence electrons. The Morgan fingerprint density at radius 3 is 2.44 bits per heavy atom. The lowest BCUT2D eigenvalue weighted by molar-refractivity contribution is -0.144. The van der Waals surface area contributed by atoms with Crippen LogP contribution in [-0.4, -0.2) is 35.1 Å². The van der Waals surface area contributed by atoms with Crippen LogP contribution < -0.4 is 10.9 Å². The number of amides is 1. The molecule has 0 bridgehead atoms. The van der Waals surface area contributed by atoms with Crippen molar-refractivity contribution in [1.29, 1.82) is 0 Å². The molecule has 2 heterocycles. The first-order chi connectivity index (χ1) is 11.5. The van der Waals surface area contributed by atoms with Gasteiger partial charge in [-0.3, -0.25) is 19.5 Å². The Bertz CT molecular complexity index is 788. The summed E-state index contributed by atoms with van der Waals surface area (Å²) in [5.74, 6) is -0.828. The van der Waals surface area contributed by atoms with E-state index < -0.39 is 29.3 Å². The van der Waals surface area contributed by atoms with Crippen LogP contribution in [0.5, 0.6) is 0 Å². The van der Waals surface area contributed by atoms with Gasteiger partial charge in [0, 0.05) is 11.3 Å². The maximum Gasteiger partial charge on any atom is 0.412 e. The van der Waals surface area contributed by atoms with Crippen molar-refractivity contribution in [3.05, 3.63) is 27.7 Å². The van der Waals surface area contributed by atoms with Crippen LogP contribution >= 0.6 is 0 Å². The van der Waals surface area contributed by atoms with Gasteiger partial charge >= 0.3 is 12.1 Å². The number of aromatic nitrogens is 1. The van der Waals surface area contributed by atoms with Crippen LogP contribution in [0.25, 0.3) is 0 Å². The molecule has 1 aliphatic heterocycles. The number of anilines is 1. The number of methoxy groups -OCH3 is 1. The number of nitrogens with one attached hydrogen (secondary N) is 1. The summed E-state index contributed by atoms with van der Waals surface area (Å²) in [7, 11) is 1.24. The maximum atomic E-state index is 12.7. The summed E-state index contributed by atoms with van der Waals surface area (Å²) in [6.45, 7) is 6.44. The molecule has 0 aromatic carbocycles. The van der Waals surface area contributed by atoms with E-state index in [0.29, 0.717) is 18.5 Å². The van der Waals surface area contributed by atoms with E-state index in [1.165, 1.54) is 24.7 Å². The average Bonchev–Trinajstić information content (AvgIpc) is 2.92. The number of nitrogens with zero attached hydrogens (tertiary/aromatic N) is 1. The summed E-state index contributed by atoms with van der Waals surface area (Å²) in [6.07, 6.45) is -0.0541. The number of pyridine rings is 1. The van der Waals surface area contributed by atoms with Gasteiger partial charge in [-0.1, -0.05) is 0 Å². The number of esters is 1. The highest BCUT2D eigenvalue weighted by atomic mass is 16.6. The standard InChI is InChI=1S/C17H22N2O6/c1-9(20)10-8-11(18-16(23)25-17(2,3)4)14(21)19-12(10)6-7-13(19)15(22)24-5/h8,13H,6-7H2,1-5H3,(H,18,23)/t13-/m0/s1. The molecule has 0 aliphatic carbocycles. The third kappa shape index (κ3) is 3.89. The summed E-state index contributed by atoms with van der Waals surface area (Å²) >= 11 is 0. The van der Waals surface area contributed by atoms with Crippen LogP contribution in [0.2, 0.25) is 0 Å². The average molecular weight is 350 g/mol. The Morgan fingerprint density at radius 1 is 1.28 bits per heavy atom. The molecule has 0 spiro atoms. The molecule has 0 saturated carbocycles. The molecule has 0 fully saturated rings. The predicted molar refractivity (Wildman–Crippen MR) is 89.9 cm³/mol. The fourth-order valence-corrected chi connectivity index (χ4v) is 2.83. The minimum absolute atomic E-state index is 0.112. The molecule has 1 N–H and O–H groups in total. The third-order valence-electron chi connectivity index (χ3n) is 3.79. The normalized spacial score (nSPS) is 16.1. The van der Waals surface area contributed by atoms with E-state index in [2.05, 4.69) is 5.32 Å². The van der Waals surface area contributed by atoms with Gasteiger partial charge in [0.05, 0.1) is 7.11 Å². The zero-order valence-electron chi connectivity index (χ0n) is 15.0. The quantitative estimate of drug-likeness (QED) is 0.661. The van der Waals surface area contributed by atoms with Gasteiger partial charge in [-0.15, -0.1) is 0 Å². The van der Waals surface area contributed by atoms with Gasteiger partial charge in [0.2, 0.25) is 0 Å². The summed E-state index contributed by atoms with van der Waals surface area (Å²) in [6, 6.07) is 0.520. The summed E-state index contributed by atoms with van der Waals surface area (Å²) in [5, 5.41) is 2.37. The van der Waals surface area contributed by atoms with Crippen molar-refractivity contribution < 1.29 is 23.9 Å². The zero-order valence-corrected chi connectivity index (χ0v) is 15.0. The Balaban J connectivity index is 2.51. The first-order valence-electron chi connectivity index (χ1n) is 7.92. The summed E-state index contributed by atoms with van der Waals surface area (Å²) in [4.78, 5) is 48.6. The summed E-state index contributed by atoms with van der Waals surface area (Å²) in [5.41, 5.74) is -0.660. The van der Waals surface area contributed by atoms with Crippen molar-refractivity contribution in [2.75, 3.05) is 12.4 Å². The van der Waals surface area contributed by atoms with Gasteiger partial charge in [-0.05, 0) is 46.6 Å². The molecule has 2 rings (SSSR count). The van der Waals surface area contributed by atoms with Gasteiger partial charge in [-0.25, -0.2) is 9.59 Å². The van der Waals surface area contributed by atoms with Crippen molar-refractivity contribution in [3.63, 3.8) is 0 Å². The fourth-order valence-electron chi connectivity index (χ4n) is 2.83. The molecule has 1 amide bonds. The topological polar surface area (TPSA) is 104 Å². The Labute approximate surface area is 145 Å². The molecule has 1 aromatic rings. The number of hydrogen-bond donors (Lipinski definition) is 1. The van der Waals surface area contributed by atoms with Gasteiger partial charge in [-0.2, -0.15) is 0 Å². The fraction of sp³-hybridized carbons (Fsp3) is 0.529. The van der Waals surface area contributed by atoms with Gasteiger partial charge < -0.3 is 9.47 Å². The lowest BCUT2D eigenvalue weighted by Crippen LogP contribution is -2.34. The van der Waals surface area contributed by atoms with Crippen molar-refractivity contribution in [1.82, 2.24) is 4.57 Å². The molecule has 25 heavy (non-hydrogen) atoms. The Hall–Kier alpha value is -2.64. The number of rotatable bonds is 3. The first-order valence-corrected chi connectivity index (χ1v) is 7.92. The lowest BCUT2D eigenvalue weighted by atomic mass is 10.1. The maximum absolute atomic E-state index is 12.7. The van der Waals surface area contributed by atoms with Gasteiger partial charge in [0.1, 0.15) is 17.3 Å². The first kappa shape index (κ1) is 18.7. The monoisotopic (exact) mass is 350 g/mol. The second-order valence-corrected chi connectivity index (χ2v) is 6.85. The van der Waals surface area contributed by atoms with E-state index >= 15 is 0 Å². The minimum Gasteiger partial charge on any atom is -0.467 e. The molecule has 1 aromatic heterocycles. The van der Waals surface area contributed by atoms with Crippen LogP contribution in [-0.2, 0) is 20.7 Å². The van der Waals surface area contributed by atoms with Gasteiger partial charge in [0.15, 0.2) is 5.78 Å². The molecular formula is C17H22N2O6. The minimum atomic E-state index is -0.814. The number of carbonyl (C=O) groups excluding carboxylic acids is 3. The molecule has 8 heteroatoms. The number of ether oxygens (including phenoxy) is 2. The van der Waals surface area contributed by atoms with E-state index in [4.69, 9.17) is 9.47 Å². The second-order valence-electron chi connectivity index (χ2n) is 6.85. The molecule has 1 atom stereocenters. The van der Waals surface area contributed by atoms with Gasteiger partial charge in [0.25, 0.3) is 5.56 Å². The van der Waals surface area contributed by atoms with E-state index in [1.807, 2.05) is 0 Å². The highest BCUT2D eigenvalue weighted by molar-refractivity contribution is 5.97. The number of fused-ring (bicyclic) bond motifs is 1. The second kappa shape index (κ2) is 6.70. The Kier molecular flexibility index (Phi) is 5.01. The van der Waals surface area contributed by atoms with Crippen molar-refractivity contribution >= 4 is 23.5 Å². The largest absolute Gasteiger partial charge is 0.467 e. The summed E-state index contributed by atoms with van der Waals surface area (Å²) < 4.78 is 11.1. The van der Waals surface area contributed by atoms with Crippen LogP contribution in [0.4, 0.5) is 10.5 Å². The Morgan fingerprint density at radius 2 is 1.92 bits per heavy atom. The van der Waals surface area contributed by atoms with E-state index in [9.17, 15) is 19.2 Å². The smallest absolute Gasteiger partial charge is 0.412 e. The number of Topliss-reactive ketones (excluding diaryl/α,β-unsaturated/α-hetero) is 1. The molecular weight excluding hydrogens is 328 g/mol. The number of hydrogen-bond acceptors (Lipinski definition) is 6. The van der Waals surface area contributed by atoms with E-state index in [-0.39, 0.29) is 17.0 Å². The SMILES string of the molecule is COC(=O)[C@@H]1CCc2c(C(C)=O)cc(NC(=O)OC(C)(C)C)c(=O)n21. The predicted octanol–water partition coefficient (Wildman–Crippen LogP) is 2.06. The van der Waals surface area contributed by atoms with Crippen LogP contribution in [0, 0.1) is 0 Å². The van der Waals surface area contributed by atoms with Crippen LogP contribution in [0.1, 0.15) is 56.2 Å². The molecule has 0 saturated heterocycles. The number of carbonyl (C=O) groups is 3. The van der Waals surface area contributed by atoms with Crippen molar-refractivity contribution in [3.8, 4) is 0 Å².